The van der Waals surface area contributed by atoms with Crippen molar-refractivity contribution in [2.24, 2.45) is 0 Å². The van der Waals surface area contributed by atoms with E-state index in [0.29, 0.717) is 63.2 Å². The third-order valence-corrected chi connectivity index (χ3v) is 8.16. The van der Waals surface area contributed by atoms with Gasteiger partial charge < -0.3 is 43.3 Å². The predicted octanol–water partition coefficient (Wildman–Crippen LogP) is 6.87. The minimum absolute atomic E-state index is 0.0809. The Balaban J connectivity index is 1.43. The quantitative estimate of drug-likeness (QED) is 0.0208. The summed E-state index contributed by atoms with van der Waals surface area (Å²) in [7, 11) is 0. The molecule has 0 fully saturated rings. The number of unbranched alkanes of at least 4 members (excludes halogenated alkanes) is 2. The zero-order valence-electron chi connectivity index (χ0n) is 33.0. The van der Waals surface area contributed by atoms with Crippen molar-refractivity contribution < 1.29 is 66.7 Å². The van der Waals surface area contributed by atoms with Crippen molar-refractivity contribution in [1.82, 2.24) is 0 Å². The lowest BCUT2D eigenvalue weighted by molar-refractivity contribution is -0.153. The van der Waals surface area contributed by atoms with Crippen LogP contribution in [0.1, 0.15) is 64.8 Å². The van der Waals surface area contributed by atoms with Crippen molar-refractivity contribution in [1.29, 1.82) is 5.41 Å². The molecule has 1 N–H and O–H groups in total. The Kier molecular flexibility index (Phi) is 20.3. The normalized spacial score (nSPS) is 11.3. The van der Waals surface area contributed by atoms with Gasteiger partial charge >= 0.3 is 35.8 Å². The molecule has 0 saturated heterocycles. The van der Waals surface area contributed by atoms with E-state index in [1.807, 2.05) is 0 Å². The number of carbonyl (C=O) groups excluding carboxylic acids is 6. The molecule has 3 rings (SSSR count). The second-order valence-corrected chi connectivity index (χ2v) is 12.6. The van der Waals surface area contributed by atoms with Gasteiger partial charge in [0.05, 0.1) is 24.3 Å². The molecule has 2 atom stereocenters. The summed E-state index contributed by atoms with van der Waals surface area (Å²) < 4.78 is 43.0. The number of ether oxygens (including phenoxy) is 8. The number of benzene rings is 3. The lowest BCUT2D eigenvalue weighted by atomic mass is 10.1. The highest BCUT2D eigenvalue weighted by molar-refractivity contribution is 5.94. The highest BCUT2D eigenvalue weighted by atomic mass is 16.6. The maximum atomic E-state index is 12.9. The van der Waals surface area contributed by atoms with Gasteiger partial charge in [0, 0.05) is 36.1 Å². The molecule has 0 spiro atoms. The second-order valence-electron chi connectivity index (χ2n) is 12.6. The Morgan fingerprint density at radius 2 is 0.950 bits per heavy atom. The smallest absolute Gasteiger partial charge is 0.343 e. The molecule has 0 heterocycles. The van der Waals surface area contributed by atoms with Gasteiger partial charge in [-0.2, -0.15) is 0 Å². The van der Waals surface area contributed by atoms with Crippen molar-refractivity contribution in [3.05, 3.63) is 134 Å². The number of carbonyl (C=O) groups is 6. The van der Waals surface area contributed by atoms with Crippen LogP contribution in [0, 0.1) is 5.41 Å². The summed E-state index contributed by atoms with van der Waals surface area (Å²) in [6.07, 6.45) is 7.06. The molecule has 316 valence electrons. The van der Waals surface area contributed by atoms with E-state index >= 15 is 0 Å². The van der Waals surface area contributed by atoms with Crippen LogP contribution in [0.2, 0.25) is 0 Å². The maximum absolute atomic E-state index is 12.9. The SMILES string of the molecule is C=CC(=O)OCC(CCCCOc1ccc(C(=O)Oc2ccc(OC(=O)c3ccc(OCCCCC(COC(=O)C=C)OC(=O)C=C)cc3)c(C=N)c2)cc1)OC(=O)C=C. The number of rotatable bonds is 27. The summed E-state index contributed by atoms with van der Waals surface area (Å²) in [4.78, 5) is 71.7. The lowest BCUT2D eigenvalue weighted by Gasteiger charge is -2.16. The topological polar surface area (TPSA) is 200 Å². The highest BCUT2D eigenvalue weighted by Gasteiger charge is 2.18. The third-order valence-electron chi connectivity index (χ3n) is 8.16. The van der Waals surface area contributed by atoms with Gasteiger partial charge in [0.1, 0.15) is 48.4 Å². The van der Waals surface area contributed by atoms with Gasteiger partial charge in [0.15, 0.2) is 0 Å². The van der Waals surface area contributed by atoms with Crippen LogP contribution in [0.4, 0.5) is 0 Å². The molecule has 3 aromatic carbocycles. The van der Waals surface area contributed by atoms with Crippen molar-refractivity contribution in [2.45, 2.75) is 50.7 Å². The number of esters is 6. The third kappa shape index (κ3) is 17.1. The largest absolute Gasteiger partial charge is 0.494 e. The van der Waals surface area contributed by atoms with E-state index in [1.165, 1.54) is 42.5 Å². The summed E-state index contributed by atoms with van der Waals surface area (Å²) in [6.45, 7) is 13.9. The molecule has 60 heavy (non-hydrogen) atoms. The number of hydrogen-bond acceptors (Lipinski definition) is 15. The molecule has 2 unspecified atom stereocenters. The fraction of sp³-hybridized carbons (Fsp3) is 0.267. The summed E-state index contributed by atoms with van der Waals surface area (Å²) in [5.74, 6) is -2.60. The standard InChI is InChI=1S/C45H47NO14/c1-5-40(47)55-29-37(57-42(49)7-3)13-9-11-25-53-34-19-15-31(16-20-34)44(51)59-36-23-24-39(33(27-36)28-46)60-45(52)32-17-21-35(22-18-32)54-26-12-10-14-38(58-43(50)8-4)30-56-41(48)6-2/h5-8,15-24,27-28,37-38,46H,1-4,9-14,25-26,29-30H2. The van der Waals surface area contributed by atoms with Crippen LogP contribution in [0.15, 0.2) is 117 Å². The summed E-state index contributed by atoms with van der Waals surface area (Å²) >= 11 is 0. The van der Waals surface area contributed by atoms with Crippen molar-refractivity contribution >= 4 is 42.0 Å². The molecule has 0 saturated carbocycles. The second kappa shape index (κ2) is 25.9. The number of nitrogens with one attached hydrogen (secondary N) is 1. The van der Waals surface area contributed by atoms with Gasteiger partial charge in [0.25, 0.3) is 0 Å². The maximum Gasteiger partial charge on any atom is 0.343 e. The molecular weight excluding hydrogens is 778 g/mol. The van der Waals surface area contributed by atoms with Gasteiger partial charge in [-0.05, 0) is 105 Å². The Bertz CT molecular complexity index is 1990. The predicted molar refractivity (Wildman–Crippen MR) is 218 cm³/mol. The zero-order valence-corrected chi connectivity index (χ0v) is 33.0. The van der Waals surface area contributed by atoms with Gasteiger partial charge in [-0.15, -0.1) is 0 Å². The van der Waals surface area contributed by atoms with Gasteiger partial charge in [-0.3, -0.25) is 0 Å². The molecule has 15 heteroatoms. The van der Waals surface area contributed by atoms with E-state index in [0.717, 1.165) is 30.5 Å². The minimum Gasteiger partial charge on any atom is -0.494 e. The highest BCUT2D eigenvalue weighted by Crippen LogP contribution is 2.26. The lowest BCUT2D eigenvalue weighted by Crippen LogP contribution is -2.24. The average molecular weight is 826 g/mol. The van der Waals surface area contributed by atoms with E-state index in [9.17, 15) is 28.8 Å². The Morgan fingerprint density at radius 3 is 1.37 bits per heavy atom. The molecule has 0 amide bonds. The Labute approximate surface area is 347 Å². The Morgan fingerprint density at radius 1 is 0.533 bits per heavy atom. The molecular formula is C45H47NO14. The minimum atomic E-state index is -0.682. The first-order chi connectivity index (χ1) is 29.0. The summed E-state index contributed by atoms with van der Waals surface area (Å²) in [5.41, 5.74) is 0.665. The monoisotopic (exact) mass is 825 g/mol. The van der Waals surface area contributed by atoms with Crippen molar-refractivity contribution in [2.75, 3.05) is 26.4 Å². The molecule has 0 bridgehead atoms. The van der Waals surface area contributed by atoms with Crippen LogP contribution >= 0.6 is 0 Å². The van der Waals surface area contributed by atoms with E-state index in [4.69, 9.17) is 43.3 Å². The van der Waals surface area contributed by atoms with E-state index in [2.05, 4.69) is 26.3 Å². The zero-order chi connectivity index (χ0) is 43.7. The molecule has 0 aliphatic carbocycles. The molecule has 0 aliphatic rings. The van der Waals surface area contributed by atoms with Crippen LogP contribution in [-0.4, -0.2) is 80.7 Å². The Hall–Kier alpha value is -7.29. The van der Waals surface area contributed by atoms with E-state index in [1.54, 1.807) is 24.3 Å². The van der Waals surface area contributed by atoms with Crippen molar-refractivity contribution in [3.63, 3.8) is 0 Å². The van der Waals surface area contributed by atoms with Crippen LogP contribution in [0.5, 0.6) is 23.0 Å². The van der Waals surface area contributed by atoms with Crippen LogP contribution in [0.25, 0.3) is 0 Å². The summed E-state index contributed by atoms with van der Waals surface area (Å²) in [5, 5.41) is 7.83. The van der Waals surface area contributed by atoms with Gasteiger partial charge in [0.2, 0.25) is 0 Å². The molecule has 0 radical (unpaired) electrons. The number of hydrogen-bond donors (Lipinski definition) is 1. The first-order valence-electron chi connectivity index (χ1n) is 18.8. The summed E-state index contributed by atoms with van der Waals surface area (Å²) in [6, 6.07) is 16.8. The van der Waals surface area contributed by atoms with Gasteiger partial charge in [-0.1, -0.05) is 26.3 Å². The first-order valence-corrected chi connectivity index (χ1v) is 18.8. The fourth-order valence-electron chi connectivity index (χ4n) is 5.07. The first kappa shape index (κ1) is 47.1. The molecule has 0 aliphatic heterocycles. The van der Waals surface area contributed by atoms with Gasteiger partial charge in [-0.25, -0.2) is 28.8 Å². The van der Waals surface area contributed by atoms with E-state index < -0.39 is 48.0 Å². The van der Waals surface area contributed by atoms with Crippen LogP contribution < -0.4 is 18.9 Å². The fourth-order valence-corrected chi connectivity index (χ4v) is 5.07. The molecule has 0 aromatic heterocycles. The van der Waals surface area contributed by atoms with E-state index in [-0.39, 0.29) is 41.4 Å². The van der Waals surface area contributed by atoms with Crippen molar-refractivity contribution in [3.8, 4) is 23.0 Å². The average Bonchev–Trinajstić information content (AvgIpc) is 3.27. The molecule has 15 nitrogen and oxygen atoms in total. The molecule has 3 aromatic rings. The van der Waals surface area contributed by atoms with Crippen LogP contribution in [0.3, 0.4) is 0 Å². The van der Waals surface area contributed by atoms with Crippen LogP contribution in [-0.2, 0) is 38.1 Å².